The van der Waals surface area contributed by atoms with Crippen LogP contribution in [0.4, 0.5) is 0 Å². The first-order valence-corrected chi connectivity index (χ1v) is 21.4. The van der Waals surface area contributed by atoms with Gasteiger partial charge in [-0.1, -0.05) is 88.4 Å². The number of oxime groups is 2. The van der Waals surface area contributed by atoms with Crippen LogP contribution in [0.25, 0.3) is 0 Å². The molecule has 0 amide bonds. The number of nitrogens with zero attached hydrogens (tertiary/aromatic N) is 2. The molecule has 6 saturated carbocycles. The standard InChI is InChI=1S/C42H70N4O6/c1-39-19-15-33(31-11-5-3-6-12-31)27-41(39,21-17-35(39)29-45-49-25-9-23-43)51-37(47)38(48)52-42-22-18-36(30-46-50-26-10-24-44)40(42,2)20-16-34(28-42)32-13-7-4-8-14-32/h29-36H,3-28,43-44H2,1-2H3/t33-,34-,35+,36+,39+,40+,41-,42-/m0/s1. The number of rotatable bonds is 14. The van der Waals surface area contributed by atoms with E-state index < -0.39 is 23.1 Å². The molecule has 10 nitrogen and oxygen atoms in total. The highest BCUT2D eigenvalue weighted by Crippen LogP contribution is 2.64. The Labute approximate surface area is 313 Å². The summed E-state index contributed by atoms with van der Waals surface area (Å²) in [6.45, 7) is 6.62. The predicted molar refractivity (Wildman–Crippen MR) is 203 cm³/mol. The minimum atomic E-state index is -0.814. The molecule has 0 bridgehead atoms. The van der Waals surface area contributed by atoms with Crippen LogP contribution in [-0.4, -0.2) is 61.9 Å². The Morgan fingerprint density at radius 2 is 0.981 bits per heavy atom. The van der Waals surface area contributed by atoms with Gasteiger partial charge in [-0.15, -0.1) is 0 Å². The van der Waals surface area contributed by atoms with E-state index in [4.69, 9.17) is 30.6 Å². The fraction of sp³-hybridized carbons (Fsp3) is 0.905. The SMILES string of the molecule is C[C@]12CC[C@H](C3CCCCC3)C[C@@]1(OC(=O)C(=O)O[C@]13CC[C@H](C=NOCCCN)[C@@]1(C)CC[C@H](C1CCCCC1)C3)CC[C@@H]2C=NOCCCN. The number of carbonyl (C=O) groups is 2. The summed E-state index contributed by atoms with van der Waals surface area (Å²) in [5, 5.41) is 8.70. The molecule has 6 aliphatic carbocycles. The molecule has 0 aromatic heterocycles. The van der Waals surface area contributed by atoms with Crippen LogP contribution in [-0.2, 0) is 28.7 Å². The van der Waals surface area contributed by atoms with Gasteiger partial charge in [0.15, 0.2) is 0 Å². The first-order chi connectivity index (χ1) is 25.2. The van der Waals surface area contributed by atoms with Crippen LogP contribution >= 0.6 is 0 Å². The minimum absolute atomic E-state index is 0.0972. The predicted octanol–water partition coefficient (Wildman–Crippen LogP) is 7.85. The van der Waals surface area contributed by atoms with Crippen molar-refractivity contribution in [1.29, 1.82) is 0 Å². The number of hydrogen-bond donors (Lipinski definition) is 2. The van der Waals surface area contributed by atoms with Gasteiger partial charge in [0.1, 0.15) is 24.4 Å². The summed E-state index contributed by atoms with van der Waals surface area (Å²) in [6.07, 6.45) is 27.0. The summed E-state index contributed by atoms with van der Waals surface area (Å²) < 4.78 is 13.3. The van der Waals surface area contributed by atoms with Crippen molar-refractivity contribution in [3.05, 3.63) is 0 Å². The average Bonchev–Trinajstić information content (AvgIpc) is 3.61. The van der Waals surface area contributed by atoms with Gasteiger partial charge in [0.2, 0.25) is 0 Å². The molecule has 6 aliphatic rings. The molecule has 6 rings (SSSR count). The highest BCUT2D eigenvalue weighted by atomic mass is 16.6. The third kappa shape index (κ3) is 8.08. The Morgan fingerprint density at radius 1 is 0.577 bits per heavy atom. The molecular weight excluding hydrogens is 656 g/mol. The van der Waals surface area contributed by atoms with Crippen molar-refractivity contribution in [3.63, 3.8) is 0 Å². The smallest absolute Gasteiger partial charge is 0.418 e. The van der Waals surface area contributed by atoms with E-state index in [0.29, 0.717) is 50.0 Å². The van der Waals surface area contributed by atoms with Crippen molar-refractivity contribution in [2.75, 3.05) is 26.3 Å². The van der Waals surface area contributed by atoms with Crippen LogP contribution in [0.1, 0.15) is 155 Å². The highest BCUT2D eigenvalue weighted by molar-refractivity contribution is 6.30. The number of carbonyl (C=O) groups excluding carboxylic acids is 2. The molecule has 8 atom stereocenters. The van der Waals surface area contributed by atoms with Gasteiger partial charge in [-0.05, 0) is 114 Å². The summed E-state index contributed by atoms with van der Waals surface area (Å²) in [6, 6.07) is 0. The van der Waals surface area contributed by atoms with Gasteiger partial charge in [-0.3, -0.25) is 0 Å². The summed E-state index contributed by atoms with van der Waals surface area (Å²) in [7, 11) is 0. The summed E-state index contributed by atoms with van der Waals surface area (Å²) in [5.74, 6) is 0.863. The molecule has 10 heteroatoms. The summed E-state index contributed by atoms with van der Waals surface area (Å²) in [4.78, 5) is 39.7. The maximum Gasteiger partial charge on any atom is 0.418 e. The van der Waals surface area contributed by atoms with Crippen molar-refractivity contribution in [2.24, 2.45) is 68.1 Å². The number of fused-ring (bicyclic) bond motifs is 2. The topological polar surface area (TPSA) is 148 Å². The largest absolute Gasteiger partial charge is 0.450 e. The van der Waals surface area contributed by atoms with Crippen LogP contribution in [0, 0.1) is 46.3 Å². The van der Waals surface area contributed by atoms with Gasteiger partial charge < -0.3 is 30.6 Å². The van der Waals surface area contributed by atoms with E-state index in [-0.39, 0.29) is 22.7 Å². The molecule has 0 aromatic rings. The Balaban J connectivity index is 1.22. The van der Waals surface area contributed by atoms with E-state index in [1.807, 2.05) is 12.4 Å². The molecule has 52 heavy (non-hydrogen) atoms. The Bertz CT molecular complexity index is 1160. The number of nitrogens with two attached hydrogens (primary N) is 2. The second-order valence-electron chi connectivity index (χ2n) is 18.2. The molecule has 0 aliphatic heterocycles. The lowest BCUT2D eigenvalue weighted by atomic mass is 9.57. The highest BCUT2D eigenvalue weighted by Gasteiger charge is 2.65. The van der Waals surface area contributed by atoms with E-state index >= 15 is 0 Å². The quantitative estimate of drug-likeness (QED) is 0.0605. The Kier molecular flexibility index (Phi) is 13.3. The molecular formula is C42H70N4O6. The van der Waals surface area contributed by atoms with E-state index in [9.17, 15) is 9.59 Å². The van der Waals surface area contributed by atoms with Crippen molar-refractivity contribution in [1.82, 2.24) is 0 Å². The van der Waals surface area contributed by atoms with Crippen LogP contribution in [0.2, 0.25) is 0 Å². The lowest BCUT2D eigenvalue weighted by Gasteiger charge is -2.53. The first-order valence-electron chi connectivity index (χ1n) is 21.4. The molecule has 0 unspecified atom stereocenters. The van der Waals surface area contributed by atoms with E-state index in [1.54, 1.807) is 0 Å². The third-order valence-corrected chi connectivity index (χ3v) is 15.6. The fourth-order valence-corrected chi connectivity index (χ4v) is 12.2. The first kappa shape index (κ1) is 39.5. The molecule has 0 spiro atoms. The van der Waals surface area contributed by atoms with Gasteiger partial charge in [0.25, 0.3) is 0 Å². The Morgan fingerprint density at radius 3 is 1.37 bits per heavy atom. The molecule has 0 radical (unpaired) electrons. The van der Waals surface area contributed by atoms with E-state index in [1.165, 1.54) is 64.2 Å². The number of ether oxygens (including phenoxy) is 2. The van der Waals surface area contributed by atoms with Crippen molar-refractivity contribution >= 4 is 24.4 Å². The number of esters is 2. The molecule has 6 fully saturated rings. The van der Waals surface area contributed by atoms with Crippen LogP contribution < -0.4 is 11.5 Å². The monoisotopic (exact) mass is 727 g/mol. The van der Waals surface area contributed by atoms with E-state index in [0.717, 1.165) is 77.0 Å². The van der Waals surface area contributed by atoms with E-state index in [2.05, 4.69) is 24.2 Å². The third-order valence-electron chi connectivity index (χ3n) is 15.6. The van der Waals surface area contributed by atoms with Gasteiger partial charge >= 0.3 is 11.9 Å². The summed E-state index contributed by atoms with van der Waals surface area (Å²) >= 11 is 0. The maximum absolute atomic E-state index is 14.3. The molecule has 0 aromatic carbocycles. The van der Waals surface area contributed by atoms with Crippen LogP contribution in [0.15, 0.2) is 10.3 Å². The zero-order chi connectivity index (χ0) is 36.7. The molecule has 294 valence electrons. The molecule has 0 saturated heterocycles. The average molecular weight is 727 g/mol. The second-order valence-corrected chi connectivity index (χ2v) is 18.2. The summed E-state index contributed by atoms with van der Waals surface area (Å²) in [5.41, 5.74) is 9.15. The zero-order valence-corrected chi connectivity index (χ0v) is 32.5. The van der Waals surface area contributed by atoms with Crippen molar-refractivity contribution in [2.45, 2.75) is 166 Å². The second kappa shape index (κ2) is 17.5. The van der Waals surface area contributed by atoms with Crippen molar-refractivity contribution in [3.8, 4) is 0 Å². The van der Waals surface area contributed by atoms with Crippen LogP contribution in [0.5, 0.6) is 0 Å². The van der Waals surface area contributed by atoms with Gasteiger partial charge in [0, 0.05) is 35.1 Å². The fourth-order valence-electron chi connectivity index (χ4n) is 12.2. The minimum Gasteiger partial charge on any atom is -0.450 e. The molecule has 4 N–H and O–H groups in total. The lowest BCUT2D eigenvalue weighted by Crippen LogP contribution is -2.56. The lowest BCUT2D eigenvalue weighted by molar-refractivity contribution is -0.210. The molecule has 0 heterocycles. The zero-order valence-electron chi connectivity index (χ0n) is 32.5. The maximum atomic E-state index is 14.3. The van der Waals surface area contributed by atoms with Crippen molar-refractivity contribution < 1.29 is 28.7 Å². The van der Waals surface area contributed by atoms with Gasteiger partial charge in [-0.2, -0.15) is 0 Å². The van der Waals surface area contributed by atoms with Gasteiger partial charge in [0.05, 0.1) is 0 Å². The number of hydrogen-bond acceptors (Lipinski definition) is 10. The normalized spacial score (nSPS) is 38.6. The van der Waals surface area contributed by atoms with Crippen LogP contribution in [0.3, 0.4) is 0 Å². The van der Waals surface area contributed by atoms with Gasteiger partial charge in [-0.25, -0.2) is 9.59 Å². The Hall–Kier alpha value is -2.20.